The summed E-state index contributed by atoms with van der Waals surface area (Å²) < 4.78 is 37.8. The molecule has 67 heavy (non-hydrogen) atoms. The number of nitrogens with zero attached hydrogens (tertiary/aromatic N) is 4. The Hall–Kier alpha value is -6.22. The molecule has 0 aliphatic carbocycles. The molecule has 3 aliphatic rings. The van der Waals surface area contributed by atoms with Crippen LogP contribution in [0.3, 0.4) is 0 Å². The molecule has 0 bridgehead atoms. The molecule has 5 aromatic rings. The van der Waals surface area contributed by atoms with Crippen molar-refractivity contribution in [3.05, 3.63) is 98.2 Å². The minimum Gasteiger partial charge on any atom is -0.479 e. The second-order valence-corrected chi connectivity index (χ2v) is 21.1. The zero-order valence-corrected chi connectivity index (χ0v) is 39.3. The van der Waals surface area contributed by atoms with Crippen LogP contribution < -0.4 is 26.4 Å². The van der Waals surface area contributed by atoms with E-state index in [1.54, 1.807) is 54.4 Å². The second kappa shape index (κ2) is 18.8. The Morgan fingerprint density at radius 1 is 0.955 bits per heavy atom. The fourth-order valence-corrected chi connectivity index (χ4v) is 12.9. The van der Waals surface area contributed by atoms with Crippen LogP contribution in [-0.2, 0) is 37.2 Å². The highest BCUT2D eigenvalue weighted by molar-refractivity contribution is 7.88. The van der Waals surface area contributed by atoms with Crippen LogP contribution in [0.2, 0.25) is 5.02 Å². The van der Waals surface area contributed by atoms with E-state index in [1.807, 2.05) is 38.1 Å². The van der Waals surface area contributed by atoms with E-state index >= 15 is 0 Å². The van der Waals surface area contributed by atoms with Crippen molar-refractivity contribution in [2.75, 3.05) is 36.9 Å². The van der Waals surface area contributed by atoms with Gasteiger partial charge in [0.2, 0.25) is 21.8 Å². The molecule has 3 atom stereocenters. The first-order valence-electron chi connectivity index (χ1n) is 21.8. The summed E-state index contributed by atoms with van der Waals surface area (Å²) in [6, 6.07) is 18.4. The van der Waals surface area contributed by atoms with Crippen LogP contribution >= 0.6 is 22.9 Å². The molecule has 4 amide bonds. The maximum atomic E-state index is 14.1. The number of amides is 4. The smallest absolute Gasteiger partial charge is 0.349 e. The maximum absolute atomic E-state index is 14.1. The van der Waals surface area contributed by atoms with E-state index in [9.17, 15) is 42.3 Å². The van der Waals surface area contributed by atoms with Gasteiger partial charge in [0.25, 0.3) is 0 Å². The number of imide groups is 1. The number of aliphatic carboxylic acids is 1. The first kappa shape index (κ1) is 47.3. The van der Waals surface area contributed by atoms with Crippen molar-refractivity contribution in [2.45, 2.75) is 81.7 Å². The summed E-state index contributed by atoms with van der Waals surface area (Å²) in [6.07, 6.45) is 2.91. The quantitative estimate of drug-likeness (QED) is 0.0800. The number of piperidine rings is 3. The molecular weight excluding hydrogens is 926 g/mol. The minimum absolute atomic E-state index is 0.00513. The number of hydrogen-bond acceptors (Lipinski definition) is 11. The number of hydrogen-bond donors (Lipinski definition) is 5. The van der Waals surface area contributed by atoms with Gasteiger partial charge in [-0.3, -0.25) is 24.0 Å². The van der Waals surface area contributed by atoms with E-state index in [0.717, 1.165) is 29.7 Å². The van der Waals surface area contributed by atoms with Gasteiger partial charge in [-0.25, -0.2) is 27.6 Å². The van der Waals surface area contributed by atoms with Crippen molar-refractivity contribution < 1.29 is 47.3 Å². The molecule has 2 unspecified atom stereocenters. The van der Waals surface area contributed by atoms with Crippen LogP contribution in [0, 0.1) is 0 Å². The van der Waals surface area contributed by atoms with Crippen molar-refractivity contribution in [2.24, 2.45) is 7.05 Å². The monoisotopic (exact) mass is 975 g/mol. The summed E-state index contributed by atoms with van der Waals surface area (Å²) in [5.41, 5.74) is 3.34. The molecule has 3 saturated heterocycles. The minimum atomic E-state index is -3.83. The van der Waals surface area contributed by atoms with Crippen molar-refractivity contribution in [3.63, 3.8) is 0 Å². The molecule has 3 fully saturated rings. The molecule has 21 heteroatoms. The number of carboxylic acid groups (broad SMARTS) is 2. The van der Waals surface area contributed by atoms with E-state index < -0.39 is 46.1 Å². The van der Waals surface area contributed by atoms with Crippen LogP contribution in [0.4, 0.5) is 16.2 Å². The van der Waals surface area contributed by atoms with Gasteiger partial charge in [-0.1, -0.05) is 41.9 Å². The van der Waals surface area contributed by atoms with E-state index in [0.29, 0.717) is 64.3 Å². The van der Waals surface area contributed by atoms with Crippen molar-refractivity contribution in [1.29, 1.82) is 0 Å². The predicted octanol–water partition coefficient (Wildman–Crippen LogP) is 6.46. The number of halogens is 1. The number of urea groups is 1. The summed E-state index contributed by atoms with van der Waals surface area (Å²) in [7, 11) is -2.18. The summed E-state index contributed by atoms with van der Waals surface area (Å²) in [5.74, 6) is -3.94. The van der Waals surface area contributed by atoms with Crippen LogP contribution in [-0.4, -0.2) is 105 Å². The van der Waals surface area contributed by atoms with Crippen LogP contribution in [0.25, 0.3) is 21.5 Å². The van der Waals surface area contributed by atoms with Gasteiger partial charge in [-0.2, -0.15) is 4.31 Å². The molecule has 18 nitrogen and oxygen atoms in total. The normalized spacial score (nSPS) is 20.1. The van der Waals surface area contributed by atoms with Gasteiger partial charge < -0.3 is 30.5 Å². The Morgan fingerprint density at radius 3 is 2.45 bits per heavy atom. The van der Waals surface area contributed by atoms with Gasteiger partial charge in [0.05, 0.1) is 21.7 Å². The Kier molecular flexibility index (Phi) is 13.3. The van der Waals surface area contributed by atoms with Gasteiger partial charge in [0.1, 0.15) is 11.1 Å². The number of benzene rings is 3. The lowest BCUT2D eigenvalue weighted by Crippen LogP contribution is -2.55. The third kappa shape index (κ3) is 9.93. The van der Waals surface area contributed by atoms with Crippen LogP contribution in [0.1, 0.15) is 85.1 Å². The second-order valence-electron chi connectivity index (χ2n) is 17.8. The van der Waals surface area contributed by atoms with Crippen molar-refractivity contribution >= 4 is 85.2 Å². The first-order chi connectivity index (χ1) is 31.8. The number of aromatic carboxylic acids is 1. The Morgan fingerprint density at radius 2 is 1.72 bits per heavy atom. The number of imidazole rings is 1. The zero-order chi connectivity index (χ0) is 47.9. The zero-order valence-electron chi connectivity index (χ0n) is 36.9. The number of carbonyl (C=O) groups is 5. The molecule has 0 saturated carbocycles. The van der Waals surface area contributed by atoms with Gasteiger partial charge in [-0.15, -0.1) is 11.3 Å². The lowest BCUT2D eigenvalue weighted by Gasteiger charge is -2.45. The lowest BCUT2D eigenvalue weighted by atomic mass is 9.89. The molecule has 354 valence electrons. The molecule has 5 N–H and O–H groups in total. The molecule has 8 rings (SSSR count). The summed E-state index contributed by atoms with van der Waals surface area (Å²) >= 11 is 7.40. The number of fused-ring (bicyclic) bond motifs is 1. The Balaban J connectivity index is 0.887. The van der Waals surface area contributed by atoms with E-state index in [2.05, 4.69) is 16.0 Å². The van der Waals surface area contributed by atoms with E-state index in [-0.39, 0.29) is 70.4 Å². The number of thiophene rings is 1. The third-order valence-electron chi connectivity index (χ3n) is 12.6. The molecule has 2 aromatic heterocycles. The summed E-state index contributed by atoms with van der Waals surface area (Å²) in [4.78, 5) is 76.4. The van der Waals surface area contributed by atoms with Gasteiger partial charge in [0.15, 0.2) is 17.2 Å². The van der Waals surface area contributed by atoms with Crippen molar-refractivity contribution in [1.82, 2.24) is 23.7 Å². The standard InChI is InChI=1S/C46H50ClN7O11S2/c1-46(2)22-32(48-31-11-5-8-28(20-31)40-38(47)39(65-24-37(56)57)41(66-40)43(59)60)16-18-53(46)67(63,64)25-26-7-4-10-30(19-26)49-44(61)52-17-6-9-29(23-52)27-12-13-33-35(21-27)51(3)45(62)54(33)34-14-15-36(55)50-42(34)58/h4-5,7-8,10-13,19-21,29,32,34,48H,6,9,14-18,22-25H2,1-3H3,(H,49,61)(H,56,57)(H,59,60)(H,50,55,58)/t29?,32-,34?/m0/s1. The Labute approximate surface area is 394 Å². The predicted molar refractivity (Wildman–Crippen MR) is 253 cm³/mol. The highest BCUT2D eigenvalue weighted by Crippen LogP contribution is 2.46. The number of aryl methyl sites for hydroxylation is 1. The Bertz CT molecular complexity index is 2980. The molecular formula is C46H50ClN7O11S2. The summed E-state index contributed by atoms with van der Waals surface area (Å²) in [6.45, 7) is 4.20. The van der Waals surface area contributed by atoms with Gasteiger partial charge in [0, 0.05) is 62.0 Å². The fourth-order valence-electron chi connectivity index (χ4n) is 9.52. The molecule has 3 aromatic carbocycles. The fraction of sp³-hybridized carbons (Fsp3) is 0.391. The first-order valence-corrected chi connectivity index (χ1v) is 24.6. The van der Waals surface area contributed by atoms with E-state index in [4.69, 9.17) is 21.4 Å². The largest absolute Gasteiger partial charge is 0.479 e. The molecule has 0 radical (unpaired) electrons. The van der Waals surface area contributed by atoms with Crippen LogP contribution in [0.15, 0.2) is 71.5 Å². The topological polar surface area (TPSA) is 239 Å². The highest BCUT2D eigenvalue weighted by atomic mass is 35.5. The number of carboxylic acids is 2. The number of likely N-dealkylation sites (tertiary alicyclic amines) is 1. The number of carbonyl (C=O) groups excluding carboxylic acids is 3. The molecule has 0 spiro atoms. The number of aromatic nitrogens is 2. The number of anilines is 2. The maximum Gasteiger partial charge on any atom is 0.349 e. The number of rotatable bonds is 13. The third-order valence-corrected chi connectivity index (χ3v) is 16.3. The number of nitrogens with one attached hydrogen (secondary N) is 3. The average molecular weight is 977 g/mol. The molecule has 3 aliphatic heterocycles. The number of sulfonamides is 1. The number of ether oxygens (including phenoxy) is 1. The SMILES string of the molecule is Cn1c(=O)n(C2CCC(=O)NC2=O)c2ccc(C3CCCN(C(=O)Nc4cccc(CS(=O)(=O)N5CC[C@H](Nc6cccc(-c7sc(C(=O)O)c(OCC(=O)O)c7Cl)c6)CC5(C)C)c4)C3)cc21. The lowest BCUT2D eigenvalue weighted by molar-refractivity contribution is -0.139. The highest BCUT2D eigenvalue weighted by Gasteiger charge is 2.42. The average Bonchev–Trinajstić information content (AvgIpc) is 3.73. The van der Waals surface area contributed by atoms with Gasteiger partial charge >= 0.3 is 23.7 Å². The van der Waals surface area contributed by atoms with E-state index in [1.165, 1.54) is 13.4 Å². The van der Waals surface area contributed by atoms with Crippen molar-refractivity contribution in [3.8, 4) is 16.2 Å². The van der Waals surface area contributed by atoms with Crippen LogP contribution in [0.5, 0.6) is 5.75 Å². The molecule has 5 heterocycles. The summed E-state index contributed by atoms with van der Waals surface area (Å²) in [5, 5.41) is 27.6. The van der Waals surface area contributed by atoms with Gasteiger partial charge in [-0.05, 0) is 99.0 Å².